The van der Waals surface area contributed by atoms with Crippen molar-refractivity contribution in [1.29, 1.82) is 0 Å². The SMILES string of the molecule is CCOc1cc(CNC(=O)c2c(C)coc2CC(=O)O)ccc1OC. The van der Waals surface area contributed by atoms with E-state index < -0.39 is 5.97 Å². The highest BCUT2D eigenvalue weighted by molar-refractivity contribution is 5.97. The van der Waals surface area contributed by atoms with Crippen LogP contribution >= 0.6 is 0 Å². The number of carbonyl (C=O) groups is 2. The maximum absolute atomic E-state index is 12.4. The van der Waals surface area contributed by atoms with E-state index in [4.69, 9.17) is 19.0 Å². The molecule has 0 aliphatic heterocycles. The van der Waals surface area contributed by atoms with Gasteiger partial charge in [0.05, 0.1) is 25.5 Å². The molecule has 7 heteroatoms. The van der Waals surface area contributed by atoms with E-state index in [9.17, 15) is 9.59 Å². The lowest BCUT2D eigenvalue weighted by molar-refractivity contribution is -0.136. The first-order chi connectivity index (χ1) is 12.0. The molecule has 0 aliphatic carbocycles. The first-order valence-corrected chi connectivity index (χ1v) is 7.82. The number of carboxylic acids is 1. The fraction of sp³-hybridized carbons (Fsp3) is 0.333. The molecule has 25 heavy (non-hydrogen) atoms. The quantitative estimate of drug-likeness (QED) is 0.761. The summed E-state index contributed by atoms with van der Waals surface area (Å²) < 4.78 is 15.9. The van der Waals surface area contributed by atoms with Crippen molar-refractivity contribution in [3.05, 3.63) is 46.9 Å². The number of carbonyl (C=O) groups excluding carboxylic acids is 1. The molecule has 0 radical (unpaired) electrons. The topological polar surface area (TPSA) is 98.0 Å². The van der Waals surface area contributed by atoms with Gasteiger partial charge >= 0.3 is 5.97 Å². The zero-order chi connectivity index (χ0) is 18.4. The maximum Gasteiger partial charge on any atom is 0.311 e. The lowest BCUT2D eigenvalue weighted by Gasteiger charge is -2.12. The molecule has 1 amide bonds. The molecule has 0 fully saturated rings. The van der Waals surface area contributed by atoms with Crippen LogP contribution in [0.2, 0.25) is 0 Å². The van der Waals surface area contributed by atoms with E-state index in [2.05, 4.69) is 5.32 Å². The molecule has 2 N–H and O–H groups in total. The molecule has 0 spiro atoms. The minimum atomic E-state index is -1.06. The average molecular weight is 347 g/mol. The summed E-state index contributed by atoms with van der Waals surface area (Å²) in [6.07, 6.45) is 1.04. The van der Waals surface area contributed by atoms with Crippen molar-refractivity contribution in [3.63, 3.8) is 0 Å². The van der Waals surface area contributed by atoms with E-state index in [-0.39, 0.29) is 30.2 Å². The smallest absolute Gasteiger partial charge is 0.311 e. The third-order valence-electron chi connectivity index (χ3n) is 3.57. The fourth-order valence-electron chi connectivity index (χ4n) is 2.44. The van der Waals surface area contributed by atoms with E-state index in [1.807, 2.05) is 13.0 Å². The second-order valence-corrected chi connectivity index (χ2v) is 5.39. The molecule has 2 rings (SSSR count). The standard InChI is InChI=1S/C18H21NO6/c1-4-24-14-7-12(5-6-13(14)23-3)9-19-18(22)17-11(2)10-25-15(17)8-16(20)21/h5-7,10H,4,8-9H2,1-3H3,(H,19,22)(H,20,21). The van der Waals surface area contributed by atoms with Gasteiger partial charge in [0, 0.05) is 12.1 Å². The Bertz CT molecular complexity index is 765. The van der Waals surface area contributed by atoms with Crippen molar-refractivity contribution >= 4 is 11.9 Å². The highest BCUT2D eigenvalue weighted by Crippen LogP contribution is 2.28. The van der Waals surface area contributed by atoms with Gasteiger partial charge in [-0.05, 0) is 31.5 Å². The van der Waals surface area contributed by atoms with Crippen LogP contribution in [0, 0.1) is 6.92 Å². The lowest BCUT2D eigenvalue weighted by atomic mass is 10.1. The molecule has 0 aliphatic rings. The van der Waals surface area contributed by atoms with Crippen LogP contribution in [-0.2, 0) is 17.8 Å². The average Bonchev–Trinajstić information content (AvgIpc) is 2.93. The number of methoxy groups -OCH3 is 1. The highest BCUT2D eigenvalue weighted by Gasteiger charge is 2.20. The molecular weight excluding hydrogens is 326 g/mol. The van der Waals surface area contributed by atoms with Crippen molar-refractivity contribution in [3.8, 4) is 11.5 Å². The van der Waals surface area contributed by atoms with Gasteiger partial charge in [-0.15, -0.1) is 0 Å². The van der Waals surface area contributed by atoms with Crippen molar-refractivity contribution in [2.24, 2.45) is 0 Å². The number of carboxylic acid groups (broad SMARTS) is 1. The van der Waals surface area contributed by atoms with Gasteiger partial charge < -0.3 is 24.3 Å². The van der Waals surface area contributed by atoms with E-state index in [0.717, 1.165) is 5.56 Å². The third kappa shape index (κ3) is 4.53. The van der Waals surface area contributed by atoms with Crippen LogP contribution in [0.15, 0.2) is 28.9 Å². The number of hydrogen-bond acceptors (Lipinski definition) is 5. The first-order valence-electron chi connectivity index (χ1n) is 7.82. The molecule has 0 bridgehead atoms. The van der Waals surface area contributed by atoms with Crippen LogP contribution in [0.25, 0.3) is 0 Å². The molecule has 1 aromatic heterocycles. The molecule has 2 aromatic rings. The van der Waals surface area contributed by atoms with Gasteiger partial charge in [0.15, 0.2) is 11.5 Å². The summed E-state index contributed by atoms with van der Waals surface area (Å²) in [7, 11) is 1.56. The van der Waals surface area contributed by atoms with Crippen molar-refractivity contribution in [2.45, 2.75) is 26.8 Å². The monoisotopic (exact) mass is 347 g/mol. The Morgan fingerprint density at radius 3 is 2.68 bits per heavy atom. The molecule has 0 saturated carbocycles. The summed E-state index contributed by atoms with van der Waals surface area (Å²) in [5.41, 5.74) is 1.69. The predicted octanol–water partition coefficient (Wildman–Crippen LogP) is 2.55. The number of aliphatic carboxylic acids is 1. The van der Waals surface area contributed by atoms with E-state index in [1.165, 1.54) is 6.26 Å². The number of furan rings is 1. The number of hydrogen-bond donors (Lipinski definition) is 2. The summed E-state index contributed by atoms with van der Waals surface area (Å²) in [6.45, 7) is 4.34. The molecule has 0 atom stereocenters. The molecule has 7 nitrogen and oxygen atoms in total. The number of rotatable bonds is 8. The van der Waals surface area contributed by atoms with Crippen LogP contribution in [0.1, 0.15) is 34.2 Å². The predicted molar refractivity (Wildman–Crippen MR) is 90.1 cm³/mol. The van der Waals surface area contributed by atoms with Crippen LogP contribution in [0.3, 0.4) is 0 Å². The summed E-state index contributed by atoms with van der Waals surface area (Å²) in [4.78, 5) is 23.3. The van der Waals surface area contributed by atoms with Gasteiger partial charge in [0.1, 0.15) is 12.2 Å². The highest BCUT2D eigenvalue weighted by atomic mass is 16.5. The number of aryl methyl sites for hydroxylation is 1. The molecule has 0 unspecified atom stereocenters. The Morgan fingerprint density at radius 1 is 1.28 bits per heavy atom. The summed E-state index contributed by atoms with van der Waals surface area (Å²) in [5.74, 6) is -0.0717. The zero-order valence-electron chi connectivity index (χ0n) is 14.4. The molecule has 1 aromatic carbocycles. The molecular formula is C18H21NO6. The summed E-state index contributed by atoms with van der Waals surface area (Å²) >= 11 is 0. The van der Waals surface area contributed by atoms with Crippen LogP contribution in [0.4, 0.5) is 0 Å². The maximum atomic E-state index is 12.4. The van der Waals surface area contributed by atoms with Crippen LogP contribution < -0.4 is 14.8 Å². The minimum absolute atomic E-state index is 0.146. The zero-order valence-corrected chi connectivity index (χ0v) is 14.4. The Hall–Kier alpha value is -2.96. The lowest BCUT2D eigenvalue weighted by Crippen LogP contribution is -2.24. The van der Waals surface area contributed by atoms with Gasteiger partial charge in [0.25, 0.3) is 5.91 Å². The van der Waals surface area contributed by atoms with E-state index >= 15 is 0 Å². The van der Waals surface area contributed by atoms with Crippen molar-refractivity contribution in [1.82, 2.24) is 5.32 Å². The number of nitrogens with one attached hydrogen (secondary N) is 1. The van der Waals surface area contributed by atoms with Gasteiger partial charge in [-0.2, -0.15) is 0 Å². The third-order valence-corrected chi connectivity index (χ3v) is 3.57. The molecule has 1 heterocycles. The van der Waals surface area contributed by atoms with Crippen LogP contribution in [-0.4, -0.2) is 30.7 Å². The van der Waals surface area contributed by atoms with Gasteiger partial charge in [0.2, 0.25) is 0 Å². The number of amides is 1. The van der Waals surface area contributed by atoms with Crippen LogP contribution in [0.5, 0.6) is 11.5 Å². The van der Waals surface area contributed by atoms with Crippen molar-refractivity contribution in [2.75, 3.05) is 13.7 Å². The van der Waals surface area contributed by atoms with Gasteiger partial charge in [-0.1, -0.05) is 6.07 Å². The second-order valence-electron chi connectivity index (χ2n) is 5.39. The summed E-state index contributed by atoms with van der Waals surface area (Å²) in [6, 6.07) is 5.39. The molecule has 0 saturated heterocycles. The van der Waals surface area contributed by atoms with Crippen molar-refractivity contribution < 1.29 is 28.6 Å². The van der Waals surface area contributed by atoms with E-state index in [0.29, 0.717) is 23.7 Å². The second kappa shape index (κ2) is 8.23. The minimum Gasteiger partial charge on any atom is -0.493 e. The summed E-state index contributed by atoms with van der Waals surface area (Å²) in [5, 5.41) is 11.7. The Balaban J connectivity index is 2.11. The number of benzene rings is 1. The van der Waals surface area contributed by atoms with Gasteiger partial charge in [-0.25, -0.2) is 0 Å². The molecule has 134 valence electrons. The number of ether oxygens (including phenoxy) is 2. The largest absolute Gasteiger partial charge is 0.493 e. The van der Waals surface area contributed by atoms with Gasteiger partial charge in [-0.3, -0.25) is 9.59 Å². The Labute approximate surface area is 145 Å². The Kier molecular flexibility index (Phi) is 6.05. The fourth-order valence-corrected chi connectivity index (χ4v) is 2.44. The first kappa shape index (κ1) is 18.4. The normalized spacial score (nSPS) is 10.4. The Morgan fingerprint density at radius 2 is 2.04 bits per heavy atom. The van der Waals surface area contributed by atoms with E-state index in [1.54, 1.807) is 26.2 Å².